The number of H-pyrrole nitrogens is 2. The summed E-state index contributed by atoms with van der Waals surface area (Å²) in [6.07, 6.45) is 8.56. The van der Waals surface area contributed by atoms with Crippen LogP contribution in [0.2, 0.25) is 0 Å². The molecule has 5 heterocycles. The van der Waals surface area contributed by atoms with Gasteiger partial charge in [-0.2, -0.15) is 5.10 Å². The van der Waals surface area contributed by atoms with Gasteiger partial charge >= 0.3 is 0 Å². The van der Waals surface area contributed by atoms with Gasteiger partial charge in [-0.15, -0.1) is 0 Å². The number of rotatable bonds is 4. The Bertz CT molecular complexity index is 1090. The predicted octanol–water partition coefficient (Wildman–Crippen LogP) is 4.63. The van der Waals surface area contributed by atoms with Crippen LogP contribution in [0.3, 0.4) is 0 Å². The molecule has 28 heavy (non-hydrogen) atoms. The molecule has 0 aromatic carbocycles. The first-order chi connectivity index (χ1) is 13.8. The molecule has 7 heteroatoms. The number of aryl methyl sites for hydroxylation is 2. The van der Waals surface area contributed by atoms with Crippen molar-refractivity contribution in [3.05, 3.63) is 48.2 Å². The summed E-state index contributed by atoms with van der Waals surface area (Å²) >= 11 is 0. The van der Waals surface area contributed by atoms with Crippen molar-refractivity contribution in [3.8, 4) is 33.9 Å². The average Bonchev–Trinajstić information content (AvgIpc) is 3.27. The number of nitrogens with zero attached hydrogens (tertiary/aromatic N) is 4. The van der Waals surface area contributed by atoms with Crippen LogP contribution < -0.4 is 5.32 Å². The fourth-order valence-corrected chi connectivity index (χ4v) is 3.74. The highest BCUT2D eigenvalue weighted by Crippen LogP contribution is 2.43. The molecule has 0 fully saturated rings. The molecule has 0 radical (unpaired) electrons. The number of hydrogen-bond donors (Lipinski definition) is 3. The lowest BCUT2D eigenvalue weighted by atomic mass is 10.1. The van der Waals surface area contributed by atoms with Crippen LogP contribution in [0.25, 0.3) is 33.9 Å². The van der Waals surface area contributed by atoms with Gasteiger partial charge in [-0.05, 0) is 38.0 Å². The van der Waals surface area contributed by atoms with Gasteiger partial charge in [0.25, 0.3) is 0 Å². The third kappa shape index (κ3) is 2.58. The molecule has 0 saturated heterocycles. The maximum absolute atomic E-state index is 5.01. The summed E-state index contributed by atoms with van der Waals surface area (Å²) in [6, 6.07) is 5.97. The molecule has 4 aromatic rings. The smallest absolute Gasteiger partial charge is 0.142 e. The maximum Gasteiger partial charge on any atom is 0.142 e. The number of imidazole rings is 1. The number of fused-ring (bicyclic) bond motifs is 5. The van der Waals surface area contributed by atoms with Crippen LogP contribution in [-0.2, 0) is 6.42 Å². The molecule has 1 aliphatic heterocycles. The van der Waals surface area contributed by atoms with E-state index in [1.54, 1.807) is 12.4 Å². The Kier molecular flexibility index (Phi) is 3.93. The number of pyridine rings is 2. The predicted molar refractivity (Wildman–Crippen MR) is 109 cm³/mol. The van der Waals surface area contributed by atoms with Crippen molar-refractivity contribution in [2.75, 3.05) is 5.32 Å². The second-order valence-corrected chi connectivity index (χ2v) is 7.03. The Morgan fingerprint density at radius 2 is 2.04 bits per heavy atom. The number of hydrogen-bond acceptors (Lipinski definition) is 5. The molecule has 0 aliphatic carbocycles. The highest BCUT2D eigenvalue weighted by Gasteiger charge is 2.25. The third-order valence-corrected chi connectivity index (χ3v) is 5.14. The largest absolute Gasteiger partial charge is 0.338 e. The van der Waals surface area contributed by atoms with Crippen LogP contribution in [0.4, 0.5) is 11.5 Å². The van der Waals surface area contributed by atoms with E-state index in [-0.39, 0.29) is 0 Å². The van der Waals surface area contributed by atoms with E-state index < -0.39 is 0 Å². The molecule has 5 rings (SSSR count). The highest BCUT2D eigenvalue weighted by atomic mass is 15.1. The summed E-state index contributed by atoms with van der Waals surface area (Å²) in [7, 11) is 0. The molecule has 4 aromatic heterocycles. The Balaban J connectivity index is 1.73. The summed E-state index contributed by atoms with van der Waals surface area (Å²) in [4.78, 5) is 17.3. The van der Waals surface area contributed by atoms with Gasteiger partial charge in [-0.1, -0.05) is 13.3 Å². The number of unbranched alkanes of at least 4 members (excludes halogenated alkanes) is 1. The third-order valence-electron chi connectivity index (χ3n) is 5.14. The monoisotopic (exact) mass is 371 g/mol. The van der Waals surface area contributed by atoms with E-state index in [1.165, 1.54) is 0 Å². The Morgan fingerprint density at radius 3 is 2.93 bits per heavy atom. The summed E-state index contributed by atoms with van der Waals surface area (Å²) in [5.74, 6) is 1.62. The van der Waals surface area contributed by atoms with Crippen molar-refractivity contribution in [1.82, 2.24) is 30.1 Å². The zero-order chi connectivity index (χ0) is 19.1. The van der Waals surface area contributed by atoms with E-state index in [4.69, 9.17) is 4.98 Å². The number of aromatic nitrogens is 6. The molecule has 0 unspecified atom stereocenters. The standard InChI is InChI=1S/C21H21N7/c1-3-4-7-15-17(12(2)27-28-15)21-25-18-13-8-10-22-11-16(13)24-20-14(19(18)26-21)6-5-9-23-20/h5-6,8-11H,3-4,7H2,1-2H3,(H,23,24)(H,25,26)(H,27,28). The van der Waals surface area contributed by atoms with Gasteiger partial charge in [-0.25, -0.2) is 9.97 Å². The zero-order valence-corrected chi connectivity index (χ0v) is 15.9. The average molecular weight is 371 g/mol. The minimum absolute atomic E-state index is 0.781. The molecule has 0 spiro atoms. The summed E-state index contributed by atoms with van der Waals surface area (Å²) in [5, 5.41) is 11.0. The summed E-state index contributed by atoms with van der Waals surface area (Å²) < 4.78 is 0. The molecule has 140 valence electrons. The van der Waals surface area contributed by atoms with Gasteiger partial charge in [0.15, 0.2) is 0 Å². The van der Waals surface area contributed by atoms with Gasteiger partial charge in [0, 0.05) is 29.2 Å². The lowest BCUT2D eigenvalue weighted by Gasteiger charge is -2.08. The molecule has 0 amide bonds. The molecule has 1 aliphatic rings. The van der Waals surface area contributed by atoms with Crippen molar-refractivity contribution in [3.63, 3.8) is 0 Å². The molecule has 0 bridgehead atoms. The quantitative estimate of drug-likeness (QED) is 0.428. The minimum Gasteiger partial charge on any atom is -0.338 e. The molecule has 7 nitrogen and oxygen atoms in total. The van der Waals surface area contributed by atoms with E-state index in [1.807, 2.05) is 31.3 Å². The second-order valence-electron chi connectivity index (χ2n) is 7.03. The summed E-state index contributed by atoms with van der Waals surface area (Å²) in [5.41, 5.74) is 7.90. The van der Waals surface area contributed by atoms with Gasteiger partial charge < -0.3 is 10.3 Å². The Hall–Kier alpha value is -3.48. The Morgan fingerprint density at radius 1 is 1.11 bits per heavy atom. The van der Waals surface area contributed by atoms with Crippen LogP contribution in [-0.4, -0.2) is 30.1 Å². The van der Waals surface area contributed by atoms with Crippen molar-refractivity contribution in [2.45, 2.75) is 33.1 Å². The topological polar surface area (TPSA) is 95.2 Å². The first-order valence-corrected chi connectivity index (χ1v) is 9.57. The molecular formula is C21H21N7. The number of nitrogens with one attached hydrogen (secondary N) is 3. The lowest BCUT2D eigenvalue weighted by Crippen LogP contribution is -1.96. The SMILES string of the molecule is CCCCc1n[nH]c(C)c1-c1nc2c([nH]1)-c1ccncc1Nc1ncccc1-2. The van der Waals surface area contributed by atoms with Gasteiger partial charge in [0.1, 0.15) is 17.3 Å². The molecule has 0 atom stereocenters. The molecule has 0 saturated carbocycles. The van der Waals surface area contributed by atoms with Crippen LogP contribution >= 0.6 is 0 Å². The first kappa shape index (κ1) is 16.7. The lowest BCUT2D eigenvalue weighted by molar-refractivity contribution is 0.772. The molecule has 3 N–H and O–H groups in total. The fraction of sp³-hybridized carbons (Fsp3) is 0.238. The van der Waals surface area contributed by atoms with Crippen molar-refractivity contribution in [2.24, 2.45) is 0 Å². The highest BCUT2D eigenvalue weighted by molar-refractivity contribution is 5.95. The summed E-state index contributed by atoms with van der Waals surface area (Å²) in [6.45, 7) is 4.23. The van der Waals surface area contributed by atoms with Gasteiger partial charge in [0.2, 0.25) is 0 Å². The van der Waals surface area contributed by atoms with E-state index in [9.17, 15) is 0 Å². The maximum atomic E-state index is 5.01. The normalized spacial score (nSPS) is 11.9. The van der Waals surface area contributed by atoms with E-state index >= 15 is 0 Å². The van der Waals surface area contributed by atoms with E-state index in [2.05, 4.69) is 37.4 Å². The van der Waals surface area contributed by atoms with Crippen LogP contribution in [0.1, 0.15) is 31.2 Å². The van der Waals surface area contributed by atoms with Crippen molar-refractivity contribution >= 4 is 11.5 Å². The van der Waals surface area contributed by atoms with Crippen LogP contribution in [0.5, 0.6) is 0 Å². The van der Waals surface area contributed by atoms with Crippen LogP contribution in [0, 0.1) is 6.92 Å². The van der Waals surface area contributed by atoms with E-state index in [0.29, 0.717) is 0 Å². The minimum atomic E-state index is 0.781. The molecular weight excluding hydrogens is 350 g/mol. The number of aromatic amines is 2. The van der Waals surface area contributed by atoms with Gasteiger partial charge in [0.05, 0.1) is 28.8 Å². The van der Waals surface area contributed by atoms with E-state index in [0.717, 1.165) is 76.1 Å². The first-order valence-electron chi connectivity index (χ1n) is 9.57. The van der Waals surface area contributed by atoms with Crippen molar-refractivity contribution < 1.29 is 0 Å². The zero-order valence-electron chi connectivity index (χ0n) is 15.9. The number of anilines is 2. The van der Waals surface area contributed by atoms with Gasteiger partial charge in [-0.3, -0.25) is 10.1 Å². The second kappa shape index (κ2) is 6.60. The Labute approximate surface area is 162 Å². The fourth-order valence-electron chi connectivity index (χ4n) is 3.74. The van der Waals surface area contributed by atoms with Crippen molar-refractivity contribution in [1.29, 1.82) is 0 Å². The van der Waals surface area contributed by atoms with Crippen LogP contribution in [0.15, 0.2) is 36.8 Å².